The van der Waals surface area contributed by atoms with Gasteiger partial charge in [0.15, 0.2) is 0 Å². The highest BCUT2D eigenvalue weighted by atomic mass is 32.2. The topological polar surface area (TPSA) is 126 Å². The minimum Gasteiger partial charge on any atom is -0.382 e. The summed E-state index contributed by atoms with van der Waals surface area (Å²) in [5.74, 6) is 0. The lowest BCUT2D eigenvalue weighted by Gasteiger charge is -2.23. The van der Waals surface area contributed by atoms with Gasteiger partial charge in [-0.1, -0.05) is 12.1 Å². The molecule has 1 atom stereocenters. The molecule has 2 rings (SSSR count). The van der Waals surface area contributed by atoms with Crippen molar-refractivity contribution >= 4 is 10.0 Å². The minimum absolute atomic E-state index is 0.0817. The standard InChI is InChI=1S/C28H51N3O9S/c1-29-28(25-31-9-3-4-10-31)26-6-5-7-27(24-26)41(32,33)30-8-11-35-14-15-37-18-19-39-22-23-40-21-20-38-17-16-36-13-12-34-2/h5-7,24,28-30H,3-4,8-23,25H2,1-2H3/t28-/m1/s1. The molecule has 1 aromatic rings. The number of sulfonamides is 1. The maximum absolute atomic E-state index is 12.8. The average Bonchev–Trinajstić information content (AvgIpc) is 3.50. The summed E-state index contributed by atoms with van der Waals surface area (Å²) in [6.45, 7) is 9.42. The van der Waals surface area contributed by atoms with Crippen LogP contribution in [0, 0.1) is 0 Å². The Bertz CT molecular complexity index is 873. The molecule has 0 unspecified atom stereocenters. The Morgan fingerprint density at radius 1 is 0.756 bits per heavy atom. The van der Waals surface area contributed by atoms with Crippen molar-refractivity contribution in [1.29, 1.82) is 0 Å². The molecule has 1 aliphatic rings. The van der Waals surface area contributed by atoms with Gasteiger partial charge in [0.2, 0.25) is 10.0 Å². The Kier molecular flexibility index (Phi) is 20.4. The minimum atomic E-state index is -3.62. The molecule has 0 aromatic heterocycles. The first kappa shape index (κ1) is 36.0. The zero-order chi connectivity index (χ0) is 29.4. The zero-order valence-electron chi connectivity index (χ0n) is 24.9. The van der Waals surface area contributed by atoms with E-state index in [2.05, 4.69) is 14.9 Å². The Hall–Kier alpha value is -1.23. The first-order valence-corrected chi connectivity index (χ1v) is 16.0. The van der Waals surface area contributed by atoms with Crippen molar-refractivity contribution in [3.05, 3.63) is 29.8 Å². The Morgan fingerprint density at radius 2 is 1.24 bits per heavy atom. The van der Waals surface area contributed by atoms with E-state index in [1.54, 1.807) is 25.3 Å². The Balaban J connectivity index is 1.42. The molecule has 1 heterocycles. The third-order valence-electron chi connectivity index (χ3n) is 6.39. The summed E-state index contributed by atoms with van der Waals surface area (Å²) < 4.78 is 65.6. The molecule has 12 nitrogen and oxygen atoms in total. The fourth-order valence-corrected chi connectivity index (χ4v) is 5.23. The highest BCUT2D eigenvalue weighted by molar-refractivity contribution is 7.89. The van der Waals surface area contributed by atoms with Crippen molar-refractivity contribution in [2.45, 2.75) is 23.8 Å². The monoisotopic (exact) mass is 605 g/mol. The molecule has 41 heavy (non-hydrogen) atoms. The second kappa shape index (κ2) is 23.3. The van der Waals surface area contributed by atoms with E-state index < -0.39 is 10.0 Å². The van der Waals surface area contributed by atoms with Gasteiger partial charge in [0.1, 0.15) is 0 Å². The normalized spacial score (nSPS) is 15.1. The number of nitrogens with one attached hydrogen (secondary N) is 2. The summed E-state index contributed by atoms with van der Waals surface area (Å²) in [5.41, 5.74) is 0.966. The first-order valence-electron chi connectivity index (χ1n) is 14.5. The van der Waals surface area contributed by atoms with Gasteiger partial charge in [0.25, 0.3) is 0 Å². The number of methoxy groups -OCH3 is 1. The third-order valence-corrected chi connectivity index (χ3v) is 7.85. The molecule has 1 saturated heterocycles. The van der Waals surface area contributed by atoms with Crippen LogP contribution in [-0.2, 0) is 43.2 Å². The van der Waals surface area contributed by atoms with Crippen molar-refractivity contribution in [3.8, 4) is 0 Å². The van der Waals surface area contributed by atoms with Gasteiger partial charge >= 0.3 is 0 Å². The van der Waals surface area contributed by atoms with Gasteiger partial charge in [-0.2, -0.15) is 0 Å². The quantitative estimate of drug-likeness (QED) is 0.140. The highest BCUT2D eigenvalue weighted by Gasteiger charge is 2.20. The van der Waals surface area contributed by atoms with Gasteiger partial charge in [-0.15, -0.1) is 0 Å². The van der Waals surface area contributed by atoms with Gasteiger partial charge < -0.3 is 43.4 Å². The fraction of sp³-hybridized carbons (Fsp3) is 0.786. The van der Waals surface area contributed by atoms with Gasteiger partial charge in [-0.05, 0) is 50.7 Å². The van der Waals surface area contributed by atoms with E-state index >= 15 is 0 Å². The Labute approximate surface area is 246 Å². The van der Waals surface area contributed by atoms with E-state index in [4.69, 9.17) is 33.2 Å². The predicted octanol–water partition coefficient (Wildman–Crippen LogP) is 1.07. The first-order chi connectivity index (χ1) is 20.1. The smallest absolute Gasteiger partial charge is 0.240 e. The van der Waals surface area contributed by atoms with Crippen LogP contribution in [0.5, 0.6) is 0 Å². The van der Waals surface area contributed by atoms with Crippen LogP contribution in [0.1, 0.15) is 24.4 Å². The van der Waals surface area contributed by atoms with Crippen molar-refractivity contribution < 1.29 is 41.6 Å². The molecule has 2 N–H and O–H groups in total. The molecular formula is C28H51N3O9S. The molecule has 1 fully saturated rings. The van der Waals surface area contributed by atoms with E-state index in [9.17, 15) is 8.42 Å². The van der Waals surface area contributed by atoms with Crippen molar-refractivity contribution in [1.82, 2.24) is 14.9 Å². The summed E-state index contributed by atoms with van der Waals surface area (Å²) in [5, 5.41) is 3.32. The summed E-state index contributed by atoms with van der Waals surface area (Å²) in [6.07, 6.45) is 2.44. The maximum atomic E-state index is 12.8. The van der Waals surface area contributed by atoms with Gasteiger partial charge in [0.05, 0.1) is 90.8 Å². The number of hydrogen-bond donors (Lipinski definition) is 2. The molecule has 0 spiro atoms. The van der Waals surface area contributed by atoms with Gasteiger partial charge in [-0.25, -0.2) is 13.1 Å². The Morgan fingerprint density at radius 3 is 1.73 bits per heavy atom. The molecule has 1 aromatic carbocycles. The van der Waals surface area contributed by atoms with Crippen molar-refractivity contribution in [3.63, 3.8) is 0 Å². The number of nitrogens with zero attached hydrogens (tertiary/aromatic N) is 1. The van der Waals surface area contributed by atoms with Crippen LogP contribution in [0.25, 0.3) is 0 Å². The molecular weight excluding hydrogens is 554 g/mol. The summed E-state index contributed by atoms with van der Waals surface area (Å²) in [6, 6.07) is 7.22. The molecule has 0 bridgehead atoms. The van der Waals surface area contributed by atoms with Crippen molar-refractivity contribution in [2.24, 2.45) is 0 Å². The number of ether oxygens (including phenoxy) is 7. The number of benzene rings is 1. The molecule has 0 aliphatic carbocycles. The maximum Gasteiger partial charge on any atom is 0.240 e. The molecule has 0 saturated carbocycles. The number of likely N-dealkylation sites (tertiary alicyclic amines) is 1. The molecule has 13 heteroatoms. The van der Waals surface area contributed by atoms with Crippen LogP contribution in [0.15, 0.2) is 29.2 Å². The van der Waals surface area contributed by atoms with Crippen LogP contribution in [0.3, 0.4) is 0 Å². The van der Waals surface area contributed by atoms with Crippen molar-refractivity contribution in [2.75, 3.05) is 126 Å². The van der Waals surface area contributed by atoms with E-state index in [0.717, 1.165) is 25.2 Å². The zero-order valence-corrected chi connectivity index (χ0v) is 25.7. The highest BCUT2D eigenvalue weighted by Crippen LogP contribution is 2.20. The second-order valence-corrected chi connectivity index (χ2v) is 11.3. The largest absolute Gasteiger partial charge is 0.382 e. The van der Waals surface area contributed by atoms with Crippen LogP contribution < -0.4 is 10.0 Å². The number of rotatable bonds is 27. The lowest BCUT2D eigenvalue weighted by molar-refractivity contribution is -0.0188. The molecule has 0 radical (unpaired) electrons. The molecule has 0 amide bonds. The average molecular weight is 606 g/mol. The predicted molar refractivity (Wildman–Crippen MR) is 156 cm³/mol. The SMILES string of the molecule is CN[C@H](CN1CCCC1)c1cccc(S(=O)(=O)NCCOCCOCCOCCOCCOCCOCCOC)c1. The summed E-state index contributed by atoms with van der Waals surface area (Å²) in [4.78, 5) is 2.67. The van der Waals surface area contributed by atoms with E-state index in [-0.39, 0.29) is 24.1 Å². The molecule has 1 aliphatic heterocycles. The number of likely N-dealkylation sites (N-methyl/N-ethyl adjacent to an activating group) is 1. The molecule has 238 valence electrons. The van der Waals surface area contributed by atoms with E-state index in [0.29, 0.717) is 79.3 Å². The summed E-state index contributed by atoms with van der Waals surface area (Å²) in [7, 11) is -0.0720. The van der Waals surface area contributed by atoms with Crippen LogP contribution in [-0.4, -0.2) is 140 Å². The van der Waals surface area contributed by atoms with Crippen LogP contribution >= 0.6 is 0 Å². The lowest BCUT2D eigenvalue weighted by Crippen LogP contribution is -2.32. The van der Waals surface area contributed by atoms with E-state index in [1.165, 1.54) is 12.8 Å². The van der Waals surface area contributed by atoms with Gasteiger partial charge in [0, 0.05) is 26.2 Å². The second-order valence-electron chi connectivity index (χ2n) is 9.49. The number of hydrogen-bond acceptors (Lipinski definition) is 11. The fourth-order valence-electron chi connectivity index (χ4n) is 4.16. The van der Waals surface area contributed by atoms with Gasteiger partial charge in [-0.3, -0.25) is 0 Å². The summed E-state index contributed by atoms with van der Waals surface area (Å²) >= 11 is 0. The van der Waals surface area contributed by atoms with Crippen LogP contribution in [0.4, 0.5) is 0 Å². The van der Waals surface area contributed by atoms with E-state index in [1.807, 2.05) is 13.1 Å². The third kappa shape index (κ3) is 16.9. The lowest BCUT2D eigenvalue weighted by atomic mass is 10.1. The van der Waals surface area contributed by atoms with Crippen LogP contribution in [0.2, 0.25) is 0 Å².